The van der Waals surface area contributed by atoms with Gasteiger partial charge in [-0.1, -0.05) is 43.2 Å². The number of hydrogen-bond acceptors (Lipinski definition) is 2. The summed E-state index contributed by atoms with van der Waals surface area (Å²) in [7, 11) is 3.63. The first-order chi connectivity index (χ1) is 11.6. The van der Waals surface area contributed by atoms with E-state index in [0.717, 1.165) is 32.1 Å². The van der Waals surface area contributed by atoms with Gasteiger partial charge in [0.2, 0.25) is 0 Å². The Bertz CT molecular complexity index is 520. The number of methoxy groups -OCH3 is 1. The van der Waals surface area contributed by atoms with E-state index in [4.69, 9.17) is 4.74 Å². The average Bonchev–Trinajstić information content (AvgIpc) is 2.56. The molecule has 1 aliphatic rings. The molecule has 1 unspecified atom stereocenters. The van der Waals surface area contributed by atoms with E-state index >= 15 is 0 Å². The number of ether oxygens (including phenoxy) is 1. The Morgan fingerprint density at radius 3 is 2.50 bits per heavy atom. The van der Waals surface area contributed by atoms with Crippen LogP contribution in [0.3, 0.4) is 0 Å². The number of nitrogens with one attached hydrogen (secondary N) is 2. The molecule has 1 aliphatic carbocycles. The van der Waals surface area contributed by atoms with Crippen molar-refractivity contribution in [1.82, 2.24) is 10.6 Å². The maximum Gasteiger partial charge on any atom is 0.191 e. The molecule has 0 saturated heterocycles. The van der Waals surface area contributed by atoms with E-state index in [2.05, 4.69) is 53.7 Å². The second kappa shape index (κ2) is 9.07. The Morgan fingerprint density at radius 1 is 1.25 bits per heavy atom. The van der Waals surface area contributed by atoms with Crippen LogP contribution >= 0.6 is 0 Å². The van der Waals surface area contributed by atoms with Gasteiger partial charge in [-0.25, -0.2) is 0 Å². The molecule has 24 heavy (non-hydrogen) atoms. The van der Waals surface area contributed by atoms with Crippen molar-refractivity contribution in [2.45, 2.75) is 45.4 Å². The number of benzene rings is 1. The van der Waals surface area contributed by atoms with E-state index in [0.29, 0.717) is 11.3 Å². The Hall–Kier alpha value is -1.55. The van der Waals surface area contributed by atoms with Crippen LogP contribution in [-0.4, -0.2) is 39.8 Å². The molecule has 134 valence electrons. The summed E-state index contributed by atoms with van der Waals surface area (Å²) in [5.74, 6) is 1.35. The summed E-state index contributed by atoms with van der Waals surface area (Å²) in [6.45, 7) is 7.08. The van der Waals surface area contributed by atoms with E-state index in [1.165, 1.54) is 30.4 Å². The van der Waals surface area contributed by atoms with E-state index in [1.807, 2.05) is 7.05 Å². The van der Waals surface area contributed by atoms with Crippen LogP contribution in [0.15, 0.2) is 29.3 Å². The van der Waals surface area contributed by atoms with Gasteiger partial charge in [-0.15, -0.1) is 0 Å². The van der Waals surface area contributed by atoms with Crippen molar-refractivity contribution >= 4 is 5.96 Å². The Morgan fingerprint density at radius 2 is 1.96 bits per heavy atom. The van der Waals surface area contributed by atoms with Gasteiger partial charge in [0.25, 0.3) is 0 Å². The minimum atomic E-state index is 0.399. The highest BCUT2D eigenvalue weighted by molar-refractivity contribution is 5.79. The standard InChI is InChI=1S/C20H33N3O/c1-16-6-8-18(9-7-16)17(2)14-22-19(21-3)23-15-20(10-5-11-20)12-13-24-4/h6-9,17H,5,10-15H2,1-4H3,(H2,21,22,23). The fourth-order valence-corrected chi connectivity index (χ4v) is 3.26. The average molecular weight is 332 g/mol. The highest BCUT2D eigenvalue weighted by Gasteiger charge is 2.36. The second-order valence-corrected chi connectivity index (χ2v) is 7.21. The molecule has 0 heterocycles. The summed E-state index contributed by atoms with van der Waals surface area (Å²) >= 11 is 0. The zero-order valence-electron chi connectivity index (χ0n) is 15.7. The van der Waals surface area contributed by atoms with E-state index < -0.39 is 0 Å². The van der Waals surface area contributed by atoms with Crippen molar-refractivity contribution in [2.24, 2.45) is 10.4 Å². The predicted molar refractivity (Wildman–Crippen MR) is 102 cm³/mol. The lowest BCUT2D eigenvalue weighted by molar-refractivity contribution is 0.0732. The molecule has 1 atom stereocenters. The van der Waals surface area contributed by atoms with Crippen LogP contribution in [0.2, 0.25) is 0 Å². The number of aryl methyl sites for hydroxylation is 1. The van der Waals surface area contributed by atoms with Crippen molar-refractivity contribution in [1.29, 1.82) is 0 Å². The third-order valence-corrected chi connectivity index (χ3v) is 5.33. The van der Waals surface area contributed by atoms with E-state index in [9.17, 15) is 0 Å². The molecule has 2 N–H and O–H groups in total. The van der Waals surface area contributed by atoms with Crippen LogP contribution in [0.5, 0.6) is 0 Å². The first-order valence-electron chi connectivity index (χ1n) is 9.08. The molecule has 0 bridgehead atoms. The van der Waals surface area contributed by atoms with Gasteiger partial charge >= 0.3 is 0 Å². The van der Waals surface area contributed by atoms with E-state index in [1.54, 1.807) is 7.11 Å². The zero-order chi connectivity index (χ0) is 17.4. The lowest BCUT2D eigenvalue weighted by Gasteiger charge is -2.42. The van der Waals surface area contributed by atoms with Crippen molar-refractivity contribution in [3.05, 3.63) is 35.4 Å². The number of hydrogen-bond donors (Lipinski definition) is 2. The first kappa shape index (κ1) is 18.8. The number of guanidine groups is 1. The van der Waals surface area contributed by atoms with Gasteiger partial charge < -0.3 is 15.4 Å². The largest absolute Gasteiger partial charge is 0.385 e. The number of nitrogens with zero attached hydrogens (tertiary/aromatic N) is 1. The maximum absolute atomic E-state index is 5.27. The monoisotopic (exact) mass is 331 g/mol. The van der Waals surface area contributed by atoms with Crippen molar-refractivity contribution in [3.63, 3.8) is 0 Å². The Balaban J connectivity index is 1.78. The van der Waals surface area contributed by atoms with Crippen LogP contribution in [0.4, 0.5) is 0 Å². The van der Waals surface area contributed by atoms with Gasteiger partial charge in [-0.2, -0.15) is 0 Å². The van der Waals surface area contributed by atoms with Gasteiger partial charge in [0.1, 0.15) is 0 Å². The molecule has 1 fully saturated rings. The highest BCUT2D eigenvalue weighted by atomic mass is 16.5. The molecule has 0 aliphatic heterocycles. The Kier molecular flexibility index (Phi) is 7.10. The molecular formula is C20H33N3O. The van der Waals surface area contributed by atoms with Crippen LogP contribution in [0.25, 0.3) is 0 Å². The molecule has 0 aromatic heterocycles. The predicted octanol–water partition coefficient (Wildman–Crippen LogP) is 3.47. The smallest absolute Gasteiger partial charge is 0.191 e. The summed E-state index contributed by atoms with van der Waals surface area (Å²) in [6.07, 6.45) is 5.05. The van der Waals surface area contributed by atoms with Crippen LogP contribution in [-0.2, 0) is 4.74 Å². The number of aliphatic imine (C=N–C) groups is 1. The zero-order valence-corrected chi connectivity index (χ0v) is 15.7. The van der Waals surface area contributed by atoms with Gasteiger partial charge in [0.05, 0.1) is 0 Å². The topological polar surface area (TPSA) is 45.7 Å². The fraction of sp³-hybridized carbons (Fsp3) is 0.650. The third kappa shape index (κ3) is 5.23. The molecular weight excluding hydrogens is 298 g/mol. The van der Waals surface area contributed by atoms with Crippen LogP contribution in [0.1, 0.15) is 49.7 Å². The lowest BCUT2D eigenvalue weighted by Crippen LogP contribution is -2.47. The van der Waals surface area contributed by atoms with Crippen molar-refractivity contribution in [3.8, 4) is 0 Å². The van der Waals surface area contributed by atoms with Crippen molar-refractivity contribution in [2.75, 3.05) is 33.9 Å². The van der Waals surface area contributed by atoms with Gasteiger partial charge in [-0.05, 0) is 43.1 Å². The normalized spacial score (nSPS) is 17.9. The first-order valence-corrected chi connectivity index (χ1v) is 9.08. The second-order valence-electron chi connectivity index (χ2n) is 7.21. The molecule has 0 amide bonds. The van der Waals surface area contributed by atoms with Gasteiger partial charge in [0, 0.05) is 33.9 Å². The summed E-state index contributed by atoms with van der Waals surface area (Å²) in [4.78, 5) is 4.37. The minimum Gasteiger partial charge on any atom is -0.385 e. The summed E-state index contributed by atoms with van der Waals surface area (Å²) in [6, 6.07) is 8.78. The molecule has 1 aromatic carbocycles. The van der Waals surface area contributed by atoms with Crippen LogP contribution < -0.4 is 10.6 Å². The number of rotatable bonds is 8. The molecule has 0 spiro atoms. The molecule has 1 saturated carbocycles. The van der Waals surface area contributed by atoms with Crippen molar-refractivity contribution < 1.29 is 4.74 Å². The SMILES string of the molecule is CN=C(NCC(C)c1ccc(C)cc1)NCC1(CCOC)CCC1. The Labute approximate surface area is 147 Å². The van der Waals surface area contributed by atoms with Gasteiger partial charge in [-0.3, -0.25) is 4.99 Å². The van der Waals surface area contributed by atoms with E-state index in [-0.39, 0.29) is 0 Å². The quantitative estimate of drug-likeness (QED) is 0.566. The highest BCUT2D eigenvalue weighted by Crippen LogP contribution is 2.43. The summed E-state index contributed by atoms with van der Waals surface area (Å²) in [5.41, 5.74) is 3.06. The maximum atomic E-state index is 5.27. The molecule has 1 aromatic rings. The lowest BCUT2D eigenvalue weighted by atomic mass is 9.67. The van der Waals surface area contributed by atoms with Gasteiger partial charge in [0.15, 0.2) is 5.96 Å². The fourth-order valence-electron chi connectivity index (χ4n) is 3.26. The third-order valence-electron chi connectivity index (χ3n) is 5.33. The summed E-state index contributed by atoms with van der Waals surface area (Å²) in [5, 5.41) is 6.99. The minimum absolute atomic E-state index is 0.399. The molecule has 4 heteroatoms. The molecule has 0 radical (unpaired) electrons. The molecule has 2 rings (SSSR count). The molecule has 4 nitrogen and oxygen atoms in total. The van der Waals surface area contributed by atoms with Crippen LogP contribution in [0, 0.1) is 12.3 Å². The summed E-state index contributed by atoms with van der Waals surface area (Å²) < 4.78 is 5.27.